The van der Waals surface area contributed by atoms with Gasteiger partial charge in [0.2, 0.25) is 0 Å². The lowest BCUT2D eigenvalue weighted by atomic mass is 10.1. The van der Waals surface area contributed by atoms with Gasteiger partial charge in [-0.1, -0.05) is 39.8 Å². The predicted octanol–water partition coefficient (Wildman–Crippen LogP) is 4.78. The summed E-state index contributed by atoms with van der Waals surface area (Å²) in [6, 6.07) is 13.5. The van der Waals surface area contributed by atoms with Crippen molar-refractivity contribution in [2.75, 3.05) is 0 Å². The third-order valence-electron chi connectivity index (χ3n) is 4.10. The molecule has 0 saturated heterocycles. The zero-order chi connectivity index (χ0) is 19.0. The largest absolute Gasteiger partial charge is 0.423 e. The van der Waals surface area contributed by atoms with Gasteiger partial charge in [-0.2, -0.15) is 0 Å². The third kappa shape index (κ3) is 3.54. The summed E-state index contributed by atoms with van der Waals surface area (Å²) < 4.78 is 21.9. The topological polar surface area (TPSA) is 60.9 Å². The first-order valence-corrected chi connectivity index (χ1v) is 9.80. The van der Waals surface area contributed by atoms with E-state index < -0.39 is 5.63 Å². The van der Waals surface area contributed by atoms with Crippen LogP contribution in [0.5, 0.6) is 0 Å². The van der Waals surface area contributed by atoms with E-state index in [1.807, 2.05) is 12.1 Å². The molecule has 27 heavy (non-hydrogen) atoms. The molecular weight excluding hydrogens is 433 g/mol. The Bertz CT molecular complexity index is 1210. The molecule has 0 unspecified atom stereocenters. The summed E-state index contributed by atoms with van der Waals surface area (Å²) in [5.41, 5.74) is 1.36. The molecule has 0 amide bonds. The molecule has 0 spiro atoms. The van der Waals surface area contributed by atoms with Gasteiger partial charge in [0.05, 0.1) is 5.56 Å². The number of fused-ring (bicyclic) bond motifs is 1. The number of hydrogen-bond donors (Lipinski definition) is 0. The monoisotopic (exact) mass is 445 g/mol. The van der Waals surface area contributed by atoms with E-state index in [-0.39, 0.29) is 5.82 Å². The standard InChI is InChI=1S/C19H13BrFN3O2S/c1-24-18(14-4-2-3-5-15(14)21)22-23-19(24)27-10-11-8-17(25)26-16-9-12(20)6-7-13(11)16/h2-9H,10H2,1H3. The zero-order valence-corrected chi connectivity index (χ0v) is 16.6. The van der Waals surface area contributed by atoms with Crippen LogP contribution in [0.1, 0.15) is 5.56 Å². The van der Waals surface area contributed by atoms with Gasteiger partial charge in [0, 0.05) is 28.7 Å². The molecule has 0 aliphatic rings. The number of benzene rings is 2. The summed E-state index contributed by atoms with van der Waals surface area (Å²) in [6.07, 6.45) is 0. The first kappa shape index (κ1) is 17.9. The second-order valence-electron chi connectivity index (χ2n) is 5.86. The Kier molecular flexibility index (Phi) is 4.84. The number of rotatable bonds is 4. The third-order valence-corrected chi connectivity index (χ3v) is 5.66. The molecule has 4 aromatic rings. The first-order valence-electron chi connectivity index (χ1n) is 8.02. The Balaban J connectivity index is 1.65. The van der Waals surface area contributed by atoms with Gasteiger partial charge in [-0.15, -0.1) is 10.2 Å². The van der Waals surface area contributed by atoms with E-state index in [0.29, 0.717) is 27.9 Å². The van der Waals surface area contributed by atoms with Crippen LogP contribution in [-0.4, -0.2) is 14.8 Å². The molecule has 2 aromatic heterocycles. The van der Waals surface area contributed by atoms with Crippen molar-refractivity contribution < 1.29 is 8.81 Å². The summed E-state index contributed by atoms with van der Waals surface area (Å²) in [4.78, 5) is 11.9. The number of halogens is 2. The van der Waals surface area contributed by atoms with E-state index in [1.165, 1.54) is 23.9 Å². The lowest BCUT2D eigenvalue weighted by Gasteiger charge is -2.07. The van der Waals surface area contributed by atoms with E-state index in [4.69, 9.17) is 4.42 Å². The average Bonchev–Trinajstić information content (AvgIpc) is 3.00. The van der Waals surface area contributed by atoms with E-state index in [1.54, 1.807) is 35.9 Å². The van der Waals surface area contributed by atoms with Gasteiger partial charge < -0.3 is 8.98 Å². The molecule has 0 bridgehead atoms. The molecule has 0 fully saturated rings. The van der Waals surface area contributed by atoms with Crippen LogP contribution in [0.25, 0.3) is 22.4 Å². The highest BCUT2D eigenvalue weighted by Crippen LogP contribution is 2.29. The van der Waals surface area contributed by atoms with Gasteiger partial charge in [0.1, 0.15) is 11.4 Å². The lowest BCUT2D eigenvalue weighted by molar-refractivity contribution is 0.559. The Morgan fingerprint density at radius 2 is 2.00 bits per heavy atom. The van der Waals surface area contributed by atoms with Crippen molar-refractivity contribution in [3.63, 3.8) is 0 Å². The molecule has 2 heterocycles. The normalized spacial score (nSPS) is 11.2. The number of aromatic nitrogens is 3. The minimum Gasteiger partial charge on any atom is -0.423 e. The maximum atomic E-state index is 14.0. The second kappa shape index (κ2) is 7.28. The average molecular weight is 446 g/mol. The minimum absolute atomic E-state index is 0.346. The fraction of sp³-hybridized carbons (Fsp3) is 0.105. The molecule has 0 saturated carbocycles. The number of hydrogen-bond acceptors (Lipinski definition) is 5. The molecular formula is C19H13BrFN3O2S. The van der Waals surface area contributed by atoms with E-state index in [0.717, 1.165) is 15.4 Å². The van der Waals surface area contributed by atoms with Crippen LogP contribution < -0.4 is 5.63 Å². The number of nitrogens with zero attached hydrogens (tertiary/aromatic N) is 3. The first-order chi connectivity index (χ1) is 13.0. The highest BCUT2D eigenvalue weighted by Gasteiger charge is 2.15. The van der Waals surface area contributed by atoms with Crippen LogP contribution in [0.15, 0.2) is 67.4 Å². The Hall–Kier alpha value is -2.45. The molecule has 4 rings (SSSR count). The Morgan fingerprint density at radius 3 is 2.81 bits per heavy atom. The highest BCUT2D eigenvalue weighted by atomic mass is 79.9. The summed E-state index contributed by atoms with van der Waals surface area (Å²) in [5, 5.41) is 9.78. The van der Waals surface area contributed by atoms with Crippen molar-refractivity contribution in [3.05, 3.63) is 74.8 Å². The highest BCUT2D eigenvalue weighted by molar-refractivity contribution is 9.10. The summed E-state index contributed by atoms with van der Waals surface area (Å²) in [5.74, 6) is 0.617. The summed E-state index contributed by atoms with van der Waals surface area (Å²) in [6.45, 7) is 0. The maximum Gasteiger partial charge on any atom is 0.336 e. The van der Waals surface area contributed by atoms with Crippen LogP contribution in [0.2, 0.25) is 0 Å². The SMILES string of the molecule is Cn1c(SCc2cc(=O)oc3cc(Br)ccc23)nnc1-c1ccccc1F. The quantitative estimate of drug-likeness (QED) is 0.334. The van der Waals surface area contributed by atoms with Gasteiger partial charge in [0.15, 0.2) is 11.0 Å². The fourth-order valence-corrected chi connectivity index (χ4v) is 4.03. The van der Waals surface area contributed by atoms with Gasteiger partial charge in [-0.25, -0.2) is 9.18 Å². The Morgan fingerprint density at radius 1 is 1.19 bits per heavy atom. The number of thioether (sulfide) groups is 1. The summed E-state index contributed by atoms with van der Waals surface area (Å²) >= 11 is 4.80. The molecule has 0 aliphatic carbocycles. The van der Waals surface area contributed by atoms with Crippen LogP contribution in [0.3, 0.4) is 0 Å². The minimum atomic E-state index is -0.402. The molecule has 0 aliphatic heterocycles. The molecule has 0 radical (unpaired) electrons. The molecule has 0 atom stereocenters. The van der Waals surface area contributed by atoms with Crippen LogP contribution >= 0.6 is 27.7 Å². The second-order valence-corrected chi connectivity index (χ2v) is 7.72. The van der Waals surface area contributed by atoms with Crippen molar-refractivity contribution in [3.8, 4) is 11.4 Å². The molecule has 5 nitrogen and oxygen atoms in total. The van der Waals surface area contributed by atoms with Crippen molar-refractivity contribution in [1.29, 1.82) is 0 Å². The molecule has 2 aromatic carbocycles. The van der Waals surface area contributed by atoms with Gasteiger partial charge in [0.25, 0.3) is 0 Å². The van der Waals surface area contributed by atoms with E-state index in [9.17, 15) is 9.18 Å². The van der Waals surface area contributed by atoms with E-state index >= 15 is 0 Å². The summed E-state index contributed by atoms with van der Waals surface area (Å²) in [7, 11) is 1.79. The smallest absolute Gasteiger partial charge is 0.336 e. The van der Waals surface area contributed by atoms with Crippen molar-refractivity contribution in [2.45, 2.75) is 10.9 Å². The van der Waals surface area contributed by atoms with Gasteiger partial charge >= 0.3 is 5.63 Å². The van der Waals surface area contributed by atoms with Crippen molar-refractivity contribution in [2.24, 2.45) is 7.05 Å². The van der Waals surface area contributed by atoms with Gasteiger partial charge in [-0.05, 0) is 35.9 Å². The van der Waals surface area contributed by atoms with Crippen LogP contribution in [0, 0.1) is 5.82 Å². The lowest BCUT2D eigenvalue weighted by Crippen LogP contribution is -2.01. The van der Waals surface area contributed by atoms with Gasteiger partial charge in [-0.3, -0.25) is 0 Å². The van der Waals surface area contributed by atoms with Crippen LogP contribution in [-0.2, 0) is 12.8 Å². The van der Waals surface area contributed by atoms with Crippen molar-refractivity contribution in [1.82, 2.24) is 14.8 Å². The fourth-order valence-electron chi connectivity index (χ4n) is 2.78. The molecule has 136 valence electrons. The predicted molar refractivity (Wildman–Crippen MR) is 106 cm³/mol. The maximum absolute atomic E-state index is 14.0. The van der Waals surface area contributed by atoms with Crippen LogP contribution in [0.4, 0.5) is 4.39 Å². The molecule has 0 N–H and O–H groups in total. The van der Waals surface area contributed by atoms with Crippen molar-refractivity contribution >= 4 is 38.7 Å². The zero-order valence-electron chi connectivity index (χ0n) is 14.1. The van der Waals surface area contributed by atoms with E-state index in [2.05, 4.69) is 26.1 Å². The molecule has 8 heteroatoms. The Labute approximate surface area is 166 Å².